The molecule has 8 N–H and O–H groups in total. The van der Waals surface area contributed by atoms with E-state index in [1.165, 1.54) is 0 Å². The van der Waals surface area contributed by atoms with Gasteiger partial charge in [0.1, 0.15) is 10.8 Å². The lowest BCUT2D eigenvalue weighted by atomic mass is 9.91. The molecule has 0 saturated heterocycles. The van der Waals surface area contributed by atoms with Crippen LogP contribution in [0.2, 0.25) is 0 Å². The number of anilines is 1. The van der Waals surface area contributed by atoms with Gasteiger partial charge >= 0.3 is 0 Å². The molecule has 0 aliphatic heterocycles. The Bertz CT molecular complexity index is 1240. The Labute approximate surface area is 208 Å². The van der Waals surface area contributed by atoms with E-state index in [4.69, 9.17) is 21.9 Å². The number of hydrogen-bond acceptors (Lipinski definition) is 7. The number of carbonyl (C=O) groups excluding carboxylic acids is 1. The molecule has 0 bridgehead atoms. The van der Waals surface area contributed by atoms with Crippen molar-refractivity contribution in [1.82, 2.24) is 4.98 Å². The first kappa shape index (κ1) is 25.4. The van der Waals surface area contributed by atoms with Crippen LogP contribution >= 0.6 is 24.2 Å². The van der Waals surface area contributed by atoms with Crippen LogP contribution in [0, 0.1) is 5.41 Å². The molecule has 3 aromatic carbocycles. The number of thiol groups is 1. The Hall–Kier alpha value is -3.24. The summed E-state index contributed by atoms with van der Waals surface area (Å²) >= 11 is 4.70. The zero-order valence-corrected chi connectivity index (χ0v) is 20.3. The Balaban J connectivity index is 0.00000158. The first-order valence-corrected chi connectivity index (χ1v) is 12.0. The highest BCUT2D eigenvalue weighted by atomic mass is 32.1. The van der Waals surface area contributed by atoms with Gasteiger partial charge in [0.2, 0.25) is 5.91 Å². The number of nitrogens with zero attached hydrogens (tertiary/aromatic N) is 1. The predicted octanol–water partition coefficient (Wildman–Crippen LogP) is 4.03. The van der Waals surface area contributed by atoms with Gasteiger partial charge in [-0.05, 0) is 47.9 Å². The maximum Gasteiger partial charge on any atom is 0.225 e. The van der Waals surface area contributed by atoms with Crippen LogP contribution in [-0.4, -0.2) is 23.3 Å². The monoisotopic (exact) mass is 492 g/mol. The van der Waals surface area contributed by atoms with Crippen LogP contribution in [0.25, 0.3) is 10.2 Å². The normalized spacial score (nSPS) is 11.4. The van der Waals surface area contributed by atoms with E-state index >= 15 is 0 Å². The Morgan fingerprint density at radius 3 is 2.56 bits per heavy atom. The second-order valence-corrected chi connectivity index (χ2v) is 8.67. The fourth-order valence-corrected chi connectivity index (χ4v) is 4.77. The van der Waals surface area contributed by atoms with Gasteiger partial charge in [-0.15, -0.1) is 24.2 Å². The van der Waals surface area contributed by atoms with Crippen molar-refractivity contribution in [3.8, 4) is 0 Å². The van der Waals surface area contributed by atoms with Crippen molar-refractivity contribution in [1.29, 1.82) is 5.41 Å². The number of benzene rings is 3. The van der Waals surface area contributed by atoms with Crippen molar-refractivity contribution in [2.45, 2.75) is 18.8 Å². The van der Waals surface area contributed by atoms with Crippen LogP contribution in [0.4, 0.5) is 5.69 Å². The van der Waals surface area contributed by atoms with Crippen LogP contribution in [0.5, 0.6) is 0 Å². The lowest BCUT2D eigenvalue weighted by Gasteiger charge is -2.17. The molecule has 1 atom stereocenters. The summed E-state index contributed by atoms with van der Waals surface area (Å²) in [7, 11) is 0. The maximum absolute atomic E-state index is 12.0. The third-order valence-corrected chi connectivity index (χ3v) is 6.38. The van der Waals surface area contributed by atoms with Crippen molar-refractivity contribution in [3.05, 3.63) is 94.5 Å². The number of carbonyl (C=O) groups is 1. The molecule has 0 fully saturated rings. The van der Waals surface area contributed by atoms with Crippen molar-refractivity contribution in [3.63, 3.8) is 0 Å². The smallest absolute Gasteiger partial charge is 0.225 e. The summed E-state index contributed by atoms with van der Waals surface area (Å²) in [6.07, 6.45) is 0.977. The number of rotatable bonds is 8. The zero-order chi connectivity index (χ0) is 24.5. The largest absolute Gasteiger partial charge is 0.384 e. The summed E-state index contributed by atoms with van der Waals surface area (Å²) in [5, 5.41) is 15.9. The van der Waals surface area contributed by atoms with Crippen LogP contribution < -0.4 is 21.9 Å². The van der Waals surface area contributed by atoms with Crippen molar-refractivity contribution >= 4 is 51.8 Å². The number of nitrogens with two attached hydrogens (primary N) is 3. The van der Waals surface area contributed by atoms with E-state index in [9.17, 15) is 4.79 Å². The molecule has 176 valence electrons. The number of thiazole rings is 1. The third kappa shape index (κ3) is 6.42. The molecular weight excluding hydrogens is 464 g/mol. The molecule has 0 aliphatic rings. The van der Waals surface area contributed by atoms with Gasteiger partial charge in [-0.25, -0.2) is 4.98 Å². The average molecular weight is 493 g/mol. The van der Waals surface area contributed by atoms with Crippen LogP contribution in [0.15, 0.2) is 72.8 Å². The van der Waals surface area contributed by atoms with Crippen molar-refractivity contribution < 1.29 is 4.79 Å². The molecular formula is C25H28N6OS2. The lowest BCUT2D eigenvalue weighted by Crippen LogP contribution is -2.16. The van der Waals surface area contributed by atoms with Crippen molar-refractivity contribution in [2.24, 2.45) is 16.6 Å². The molecule has 1 amide bonds. The minimum Gasteiger partial charge on any atom is -0.384 e. The molecule has 4 rings (SSSR count). The molecule has 1 aromatic heterocycles. The molecule has 9 heteroatoms. The molecule has 1 unspecified atom stereocenters. The summed E-state index contributed by atoms with van der Waals surface area (Å²) in [6.45, 7) is 0.312. The van der Waals surface area contributed by atoms with Gasteiger partial charge in [-0.1, -0.05) is 42.5 Å². The minimum atomic E-state index is -0.102. The van der Waals surface area contributed by atoms with E-state index < -0.39 is 0 Å². The van der Waals surface area contributed by atoms with Gasteiger partial charge in [-0.2, -0.15) is 0 Å². The summed E-state index contributed by atoms with van der Waals surface area (Å²) in [6, 6.07) is 23.7. The Morgan fingerprint density at radius 2 is 1.82 bits per heavy atom. The predicted molar refractivity (Wildman–Crippen MR) is 145 cm³/mol. The van der Waals surface area contributed by atoms with E-state index in [0.717, 1.165) is 32.0 Å². The number of para-hydroxylation sites is 1. The second kappa shape index (κ2) is 12.3. The minimum absolute atomic E-state index is 0.0130. The van der Waals surface area contributed by atoms with E-state index in [1.807, 2.05) is 60.7 Å². The van der Waals surface area contributed by atoms with Crippen LogP contribution in [0.3, 0.4) is 0 Å². The highest BCUT2D eigenvalue weighted by Gasteiger charge is 2.20. The van der Waals surface area contributed by atoms with E-state index in [2.05, 4.69) is 35.4 Å². The van der Waals surface area contributed by atoms with Crippen LogP contribution in [0.1, 0.15) is 34.0 Å². The molecule has 34 heavy (non-hydrogen) atoms. The maximum atomic E-state index is 12.0. The standard InChI is InChI=1S/C25H25N5OS.H3NS/c26-12-11-23(31)29-19-8-4-6-17(15-19)20(14-16-5-3-7-18(13-16)24(27)28)25-30-21-9-1-2-10-22(21)32-25;1-2/h1-10,13,15,20H,11-12,14,26H2,(H3,27,28)(H,29,31);2H,1H2. The third-order valence-electron chi connectivity index (χ3n) is 5.23. The van der Waals surface area contributed by atoms with E-state index in [0.29, 0.717) is 18.5 Å². The highest BCUT2D eigenvalue weighted by Crippen LogP contribution is 2.35. The van der Waals surface area contributed by atoms with Gasteiger partial charge in [-0.3, -0.25) is 15.3 Å². The van der Waals surface area contributed by atoms with Crippen molar-refractivity contribution in [2.75, 3.05) is 11.9 Å². The van der Waals surface area contributed by atoms with Gasteiger partial charge in [0.25, 0.3) is 0 Å². The molecule has 1 heterocycles. The van der Waals surface area contributed by atoms with E-state index in [1.54, 1.807) is 11.3 Å². The van der Waals surface area contributed by atoms with Gasteiger partial charge < -0.3 is 16.8 Å². The summed E-state index contributed by atoms with van der Waals surface area (Å²) < 4.78 is 1.14. The lowest BCUT2D eigenvalue weighted by molar-refractivity contribution is -0.116. The average Bonchev–Trinajstić information content (AvgIpc) is 3.28. The number of nitrogens with one attached hydrogen (secondary N) is 2. The molecule has 4 aromatic rings. The van der Waals surface area contributed by atoms with Gasteiger partial charge in [0.05, 0.1) is 10.2 Å². The van der Waals surface area contributed by atoms with E-state index in [-0.39, 0.29) is 24.1 Å². The summed E-state index contributed by atoms with van der Waals surface area (Å²) in [5.74, 6) is -0.0654. The Morgan fingerprint density at radius 1 is 1.06 bits per heavy atom. The zero-order valence-electron chi connectivity index (χ0n) is 18.6. The number of hydrogen-bond donors (Lipinski definition) is 6. The second-order valence-electron chi connectivity index (χ2n) is 7.60. The molecule has 0 spiro atoms. The topological polar surface area (TPSA) is 144 Å². The van der Waals surface area contributed by atoms with Gasteiger partial charge in [0, 0.05) is 30.1 Å². The number of fused-ring (bicyclic) bond motifs is 1. The summed E-state index contributed by atoms with van der Waals surface area (Å²) in [4.78, 5) is 17.0. The molecule has 0 saturated carbocycles. The number of amides is 1. The molecule has 0 radical (unpaired) electrons. The molecule has 0 aliphatic carbocycles. The highest BCUT2D eigenvalue weighted by molar-refractivity contribution is 7.77. The first-order valence-electron chi connectivity index (χ1n) is 10.7. The first-order chi connectivity index (χ1) is 16.5. The Kier molecular flexibility index (Phi) is 9.17. The number of aromatic nitrogens is 1. The molecule has 7 nitrogen and oxygen atoms in total. The fraction of sp³-hybridized carbons (Fsp3) is 0.160. The van der Waals surface area contributed by atoms with Crippen LogP contribution in [-0.2, 0) is 11.2 Å². The summed E-state index contributed by atoms with van der Waals surface area (Å²) in [5.41, 5.74) is 15.7. The SMILES string of the molecule is N=C(N)c1cccc(CC(c2cccc(NC(=O)CCN)c2)c2nc3ccccc3s2)c1.NS. The number of nitrogen functional groups attached to an aromatic ring is 1. The fourth-order valence-electron chi connectivity index (χ4n) is 3.68. The van der Waals surface area contributed by atoms with Gasteiger partial charge in [0.15, 0.2) is 0 Å². The quantitative estimate of drug-likeness (QED) is 0.125. The number of amidine groups is 1.